The fourth-order valence-corrected chi connectivity index (χ4v) is 2.09. The van der Waals surface area contributed by atoms with E-state index in [0.717, 1.165) is 12.8 Å². The van der Waals surface area contributed by atoms with Crippen molar-refractivity contribution in [3.63, 3.8) is 0 Å². The largest absolute Gasteiger partial charge is 0.329 e. The number of nitrogens with one attached hydrogen (secondary N) is 1. The molecule has 5 heteroatoms. The van der Waals surface area contributed by atoms with Crippen LogP contribution >= 0.6 is 0 Å². The van der Waals surface area contributed by atoms with Crippen LogP contribution in [-0.2, 0) is 10.0 Å². The first-order valence-corrected chi connectivity index (χ1v) is 6.71. The van der Waals surface area contributed by atoms with Crippen molar-refractivity contribution in [1.29, 1.82) is 0 Å². The molecule has 0 saturated carbocycles. The van der Waals surface area contributed by atoms with Gasteiger partial charge in [0.2, 0.25) is 10.0 Å². The molecule has 0 aromatic carbocycles. The average molecular weight is 222 g/mol. The zero-order valence-corrected chi connectivity index (χ0v) is 10.1. The maximum atomic E-state index is 11.5. The van der Waals surface area contributed by atoms with E-state index in [-0.39, 0.29) is 6.54 Å². The minimum absolute atomic E-state index is 0.165. The van der Waals surface area contributed by atoms with E-state index in [1.54, 1.807) is 6.92 Å². The van der Waals surface area contributed by atoms with Crippen LogP contribution in [0.25, 0.3) is 0 Å². The van der Waals surface area contributed by atoms with E-state index in [4.69, 9.17) is 5.73 Å². The summed E-state index contributed by atoms with van der Waals surface area (Å²) in [7, 11) is -3.20. The third kappa shape index (κ3) is 4.39. The van der Waals surface area contributed by atoms with Crippen LogP contribution in [0.3, 0.4) is 0 Å². The molecule has 0 amide bonds. The molecule has 0 aliphatic rings. The molecule has 0 aliphatic carbocycles. The van der Waals surface area contributed by atoms with Crippen molar-refractivity contribution in [2.24, 2.45) is 11.7 Å². The summed E-state index contributed by atoms with van der Waals surface area (Å²) in [5, 5.41) is -0.503. The highest BCUT2D eigenvalue weighted by atomic mass is 32.2. The summed E-state index contributed by atoms with van der Waals surface area (Å²) >= 11 is 0. The maximum absolute atomic E-state index is 11.5. The average Bonchev–Trinajstić information content (AvgIpc) is 2.18. The van der Waals surface area contributed by atoms with Crippen molar-refractivity contribution >= 4 is 10.0 Å². The lowest BCUT2D eigenvalue weighted by Gasteiger charge is -2.16. The predicted molar refractivity (Wildman–Crippen MR) is 59.5 cm³/mol. The summed E-state index contributed by atoms with van der Waals surface area (Å²) in [6.07, 6.45) is 1.99. The van der Waals surface area contributed by atoms with Crippen molar-refractivity contribution in [2.45, 2.75) is 38.9 Å². The minimum Gasteiger partial charge on any atom is -0.329 e. The minimum atomic E-state index is -3.20. The first-order valence-electron chi connectivity index (χ1n) is 5.16. The van der Waals surface area contributed by atoms with Crippen molar-refractivity contribution in [3.05, 3.63) is 0 Å². The topological polar surface area (TPSA) is 72.2 Å². The van der Waals surface area contributed by atoms with E-state index in [2.05, 4.69) is 18.6 Å². The van der Waals surface area contributed by atoms with E-state index in [1.807, 2.05) is 0 Å². The maximum Gasteiger partial charge on any atom is 0.215 e. The Bertz CT molecular complexity index is 235. The van der Waals surface area contributed by atoms with Crippen LogP contribution in [0.4, 0.5) is 0 Å². The van der Waals surface area contributed by atoms with Gasteiger partial charge >= 0.3 is 0 Å². The summed E-state index contributed by atoms with van der Waals surface area (Å²) in [6, 6.07) is 0. The lowest BCUT2D eigenvalue weighted by Crippen LogP contribution is -2.39. The van der Waals surface area contributed by atoms with Gasteiger partial charge in [0.15, 0.2) is 0 Å². The Kier molecular flexibility index (Phi) is 6.31. The van der Waals surface area contributed by atoms with Gasteiger partial charge in [-0.3, -0.25) is 0 Å². The normalized spacial score (nSPS) is 14.6. The summed E-state index contributed by atoms with van der Waals surface area (Å²) in [6.45, 7) is 6.44. The van der Waals surface area contributed by atoms with Crippen LogP contribution in [0.15, 0.2) is 0 Å². The molecule has 0 saturated heterocycles. The Labute approximate surface area is 87.3 Å². The smallest absolute Gasteiger partial charge is 0.215 e. The Morgan fingerprint density at radius 3 is 2.14 bits per heavy atom. The molecule has 0 aromatic rings. The zero-order chi connectivity index (χ0) is 11.2. The molecular weight excluding hydrogens is 200 g/mol. The van der Waals surface area contributed by atoms with Gasteiger partial charge in [0.05, 0.1) is 5.25 Å². The quantitative estimate of drug-likeness (QED) is 0.665. The molecule has 4 nitrogen and oxygen atoms in total. The third-order valence-corrected chi connectivity index (χ3v) is 4.41. The molecule has 1 unspecified atom stereocenters. The lowest BCUT2D eigenvalue weighted by atomic mass is 10.0. The van der Waals surface area contributed by atoms with Crippen LogP contribution in [0, 0.1) is 5.92 Å². The van der Waals surface area contributed by atoms with Crippen molar-refractivity contribution < 1.29 is 8.42 Å². The van der Waals surface area contributed by atoms with Gasteiger partial charge in [-0.25, -0.2) is 13.1 Å². The Morgan fingerprint density at radius 1 is 1.29 bits per heavy atom. The van der Waals surface area contributed by atoms with Crippen molar-refractivity contribution in [1.82, 2.24) is 4.72 Å². The van der Waals surface area contributed by atoms with Crippen LogP contribution in [0.5, 0.6) is 0 Å². The van der Waals surface area contributed by atoms with Crippen LogP contribution < -0.4 is 10.5 Å². The summed E-state index contributed by atoms with van der Waals surface area (Å²) in [5.41, 5.74) is 5.31. The zero-order valence-electron chi connectivity index (χ0n) is 9.29. The van der Waals surface area contributed by atoms with Crippen molar-refractivity contribution in [3.8, 4) is 0 Å². The Balaban J connectivity index is 4.11. The summed E-state index contributed by atoms with van der Waals surface area (Å²) < 4.78 is 25.6. The summed E-state index contributed by atoms with van der Waals surface area (Å²) in [5.74, 6) is 0.426. The molecule has 14 heavy (non-hydrogen) atoms. The van der Waals surface area contributed by atoms with Gasteiger partial charge < -0.3 is 5.73 Å². The predicted octanol–water partition coefficient (Wildman–Crippen LogP) is 0.689. The van der Waals surface area contributed by atoms with Gasteiger partial charge in [-0.1, -0.05) is 26.7 Å². The number of nitrogens with two attached hydrogens (primary N) is 1. The molecule has 1 atom stereocenters. The number of hydrogen-bond acceptors (Lipinski definition) is 3. The fourth-order valence-electron chi connectivity index (χ4n) is 1.08. The number of sulfonamides is 1. The van der Waals surface area contributed by atoms with E-state index in [1.165, 1.54) is 0 Å². The van der Waals surface area contributed by atoms with Crippen LogP contribution in [0.2, 0.25) is 0 Å². The molecule has 3 N–H and O–H groups in total. The molecule has 0 bridgehead atoms. The molecule has 0 radical (unpaired) electrons. The van der Waals surface area contributed by atoms with E-state index < -0.39 is 15.3 Å². The van der Waals surface area contributed by atoms with Crippen LogP contribution in [-0.4, -0.2) is 26.8 Å². The molecule has 0 spiro atoms. The molecule has 0 fully saturated rings. The second kappa shape index (κ2) is 6.37. The fraction of sp³-hybridized carbons (Fsp3) is 1.00. The monoisotopic (exact) mass is 222 g/mol. The van der Waals surface area contributed by atoms with Gasteiger partial charge in [0.1, 0.15) is 0 Å². The number of rotatable bonds is 7. The third-order valence-electron chi connectivity index (χ3n) is 2.59. The highest BCUT2D eigenvalue weighted by Crippen LogP contribution is 2.06. The standard InChI is InChI=1S/C9H22N2O2S/c1-4-9(5-2)7-11-14(12,13)8(3)6-10/h8-9,11H,4-7,10H2,1-3H3. The van der Waals surface area contributed by atoms with E-state index in [0.29, 0.717) is 12.5 Å². The molecule has 86 valence electrons. The molecule has 0 aliphatic heterocycles. The number of hydrogen-bond donors (Lipinski definition) is 2. The SMILES string of the molecule is CCC(CC)CNS(=O)(=O)C(C)CN. The molecule has 0 heterocycles. The van der Waals surface area contributed by atoms with Crippen LogP contribution in [0.1, 0.15) is 33.6 Å². The highest BCUT2D eigenvalue weighted by molar-refractivity contribution is 7.90. The van der Waals surface area contributed by atoms with Gasteiger partial charge in [0, 0.05) is 13.1 Å². The van der Waals surface area contributed by atoms with Gasteiger partial charge in [-0.05, 0) is 12.8 Å². The van der Waals surface area contributed by atoms with E-state index >= 15 is 0 Å². The second-order valence-electron chi connectivity index (χ2n) is 3.62. The lowest BCUT2D eigenvalue weighted by molar-refractivity contribution is 0.476. The Hall–Kier alpha value is -0.130. The second-order valence-corrected chi connectivity index (χ2v) is 5.81. The van der Waals surface area contributed by atoms with Crippen molar-refractivity contribution in [2.75, 3.05) is 13.1 Å². The first-order chi connectivity index (χ1) is 6.47. The van der Waals surface area contributed by atoms with E-state index in [9.17, 15) is 8.42 Å². The van der Waals surface area contributed by atoms with Gasteiger partial charge in [-0.2, -0.15) is 0 Å². The molecule has 0 rings (SSSR count). The summed E-state index contributed by atoms with van der Waals surface area (Å²) in [4.78, 5) is 0. The molecule has 0 aromatic heterocycles. The molecular formula is C9H22N2O2S. The van der Waals surface area contributed by atoms with Gasteiger partial charge in [0.25, 0.3) is 0 Å². The Morgan fingerprint density at radius 2 is 1.79 bits per heavy atom. The first kappa shape index (κ1) is 13.9. The van der Waals surface area contributed by atoms with Gasteiger partial charge in [-0.15, -0.1) is 0 Å². The highest BCUT2D eigenvalue weighted by Gasteiger charge is 2.19.